The number of aromatic nitrogens is 4. The standard InChI is InChI=1S/C25H36FN4O7P.2C24H34FN4O8P/c1-15(2)34-23(32)16(3)13-38(33,37-19-9-7-6-8-10-19)36-17(4)21-22(31)25(28,14-26)24(35-21)30-12-11-20(27)29-18(30)5;2*1-14(2)34-21(31)15(3)12-38(33,37-17-8-6-5-7-9-17)36-16(4)19-20(30)24(27,13-25)22(35-19)29-11-10-18(26)28-23(29)32/h6-12,15-17,21-22,24,31H,5,13-14,28H2,1-4H3,(H2,27,29);2*5-11,14-16,19-20,22,30H,12-13,27H2,1-4H3,(H2,26,28,32)/t16-,17-,21-,22+,24-,25?,38-;15-,16-,19-,20+,22-,24?,38?;15-,16-,19-,20+,22-,24?,38+/m111/s1. The molecule has 0 bridgehead atoms. The van der Waals surface area contributed by atoms with E-state index in [9.17, 15) is 66.2 Å². The zero-order valence-electron chi connectivity index (χ0n) is 65.1. The number of anilines is 2. The van der Waals surface area contributed by atoms with Gasteiger partial charge in [0.2, 0.25) is 0 Å². The summed E-state index contributed by atoms with van der Waals surface area (Å²) in [7, 11) is -12.3. The van der Waals surface area contributed by atoms with Gasteiger partial charge in [-0.25, -0.2) is 41.4 Å². The van der Waals surface area contributed by atoms with Crippen molar-refractivity contribution in [3.05, 3.63) is 161 Å². The number of alkyl halides is 3. The van der Waals surface area contributed by atoms with Crippen molar-refractivity contribution in [1.29, 1.82) is 0 Å². The summed E-state index contributed by atoms with van der Waals surface area (Å²) in [6.07, 6.45) is -13.3. The maximum atomic E-state index is 14.3. The van der Waals surface area contributed by atoms with Crippen LogP contribution in [0.1, 0.15) is 95.5 Å². The third-order valence-corrected chi connectivity index (χ3v) is 24.4. The molecule has 5 aromatic rings. The average Bonchev–Trinajstić information content (AvgIpc) is 1.61. The molecule has 9 rings (SSSR count). The lowest BCUT2D eigenvalue weighted by Gasteiger charge is -2.37. The monoisotopic (exact) mass is 1670 g/mol. The molecule has 3 fully saturated rings. The maximum absolute atomic E-state index is 14.3. The minimum absolute atomic E-state index is 0.0648. The van der Waals surface area contributed by atoms with Crippen molar-refractivity contribution >= 4 is 58.2 Å². The van der Waals surface area contributed by atoms with Crippen LogP contribution in [0.4, 0.5) is 24.8 Å². The van der Waals surface area contributed by atoms with Gasteiger partial charge in [-0.2, -0.15) is 9.97 Å². The summed E-state index contributed by atoms with van der Waals surface area (Å²) < 4.78 is 155. The molecule has 4 aliphatic heterocycles. The van der Waals surface area contributed by atoms with E-state index >= 15 is 0 Å². The van der Waals surface area contributed by atoms with Gasteiger partial charge >= 0.3 is 52.1 Å². The molecule has 3 aromatic carbocycles. The Labute approximate surface area is 657 Å². The van der Waals surface area contributed by atoms with Crippen molar-refractivity contribution < 1.29 is 112 Å². The van der Waals surface area contributed by atoms with Crippen molar-refractivity contribution in [2.45, 2.75) is 192 Å². The van der Waals surface area contributed by atoms with Gasteiger partial charge in [0.15, 0.2) is 18.7 Å². The van der Waals surface area contributed by atoms with Crippen LogP contribution in [0.5, 0.6) is 17.2 Å². The second kappa shape index (κ2) is 39.5. The first-order valence-corrected chi connectivity index (χ1v) is 41.5. The number of esters is 3. The molecule has 0 aliphatic carbocycles. The summed E-state index contributed by atoms with van der Waals surface area (Å²) in [6.45, 7) is 19.2. The van der Waals surface area contributed by atoms with Gasteiger partial charge in [-0.15, -0.1) is 0 Å². The van der Waals surface area contributed by atoms with Gasteiger partial charge in [0.25, 0.3) is 0 Å². The Morgan fingerprint density at radius 2 is 0.772 bits per heavy atom. The van der Waals surface area contributed by atoms with E-state index in [4.69, 9.17) is 90.0 Å². The van der Waals surface area contributed by atoms with Crippen molar-refractivity contribution in [1.82, 2.24) is 24.0 Å². The number of aliphatic imine (C=N–C) groups is 1. The van der Waals surface area contributed by atoms with Crippen molar-refractivity contribution in [3.8, 4) is 17.2 Å². The number of halogens is 3. The summed E-state index contributed by atoms with van der Waals surface area (Å²) in [5.41, 5.74) is 27.6. The number of nitrogen functional groups attached to an aromatic ring is 2. The number of nitrogens with two attached hydrogens (primary N) is 6. The molecule has 35 nitrogen and oxygen atoms in total. The molecule has 2 aromatic heterocycles. The highest BCUT2D eigenvalue weighted by Crippen LogP contribution is 2.56. The predicted octanol–water partition coefficient (Wildman–Crippen LogP) is 6.69. The normalized spacial score (nSPS) is 27.2. The molecule has 41 heteroatoms. The minimum Gasteiger partial charge on any atom is -0.463 e. The van der Waals surface area contributed by atoms with E-state index in [0.29, 0.717) is 0 Å². The number of hydrogen-bond donors (Lipinski definition) is 9. The third kappa shape index (κ3) is 23.2. The smallest absolute Gasteiger partial charge is 0.380 e. The van der Waals surface area contributed by atoms with Crippen molar-refractivity contribution in [2.24, 2.45) is 45.7 Å². The summed E-state index contributed by atoms with van der Waals surface area (Å²) in [6, 6.07) is 27.2. The van der Waals surface area contributed by atoms with Crippen molar-refractivity contribution in [2.75, 3.05) is 50.0 Å². The summed E-state index contributed by atoms with van der Waals surface area (Å²) >= 11 is 0. The lowest BCUT2D eigenvalue weighted by atomic mass is 9.90. The van der Waals surface area contributed by atoms with Gasteiger partial charge in [-0.3, -0.25) is 37.1 Å². The Hall–Kier alpha value is -8.42. The highest BCUT2D eigenvalue weighted by molar-refractivity contribution is 7.55. The molecule has 4 unspecified atom stereocenters. The van der Waals surface area contributed by atoms with E-state index in [0.717, 1.165) is 9.13 Å². The highest BCUT2D eigenvalue weighted by atomic mass is 31.2. The second-order valence-electron chi connectivity index (χ2n) is 28.9. The fourth-order valence-electron chi connectivity index (χ4n) is 12.3. The Balaban J connectivity index is 0.000000237. The zero-order valence-corrected chi connectivity index (χ0v) is 67.8. The number of aliphatic hydroxyl groups excluding tert-OH is 3. The number of hydrogen-bond acceptors (Lipinski definition) is 33. The molecule has 0 amide bonds. The third-order valence-electron chi connectivity index (χ3n) is 18.0. The number of amidine groups is 1. The second-order valence-corrected chi connectivity index (χ2v) is 34.8. The molecule has 3 saturated heterocycles. The summed E-state index contributed by atoms with van der Waals surface area (Å²) in [5, 5.41) is 33.0. The van der Waals surface area contributed by atoms with E-state index in [1.807, 2.05) is 0 Å². The number of nitrogens with zero attached hydrogens (tertiary/aromatic N) is 6. The average molecular weight is 1670 g/mol. The number of benzene rings is 3. The largest absolute Gasteiger partial charge is 0.463 e. The molecule has 630 valence electrons. The first-order chi connectivity index (χ1) is 53.4. The van der Waals surface area contributed by atoms with Crippen LogP contribution < -0.4 is 59.4 Å². The molecule has 21 atom stereocenters. The quantitative estimate of drug-likeness (QED) is 0.0120. The van der Waals surface area contributed by atoms with Crippen LogP contribution in [0.2, 0.25) is 0 Å². The molecule has 0 saturated carbocycles. The van der Waals surface area contributed by atoms with E-state index < -0.39 is 180 Å². The number of rotatable bonds is 33. The Morgan fingerprint density at radius 3 is 1.04 bits per heavy atom. The van der Waals surface area contributed by atoms with Gasteiger partial charge in [-0.05, 0) is 117 Å². The van der Waals surface area contributed by atoms with Gasteiger partial charge in [0.05, 0.1) is 72.9 Å². The van der Waals surface area contributed by atoms with Crippen LogP contribution in [0, 0.1) is 17.8 Å². The molecular weight excluding hydrogens is 1560 g/mol. The Kier molecular flexibility index (Phi) is 32.1. The number of carbonyl (C=O) groups is 3. The molecule has 6 heterocycles. The molecule has 0 radical (unpaired) electrons. The molecule has 0 spiro atoms. The van der Waals surface area contributed by atoms with Crippen LogP contribution >= 0.6 is 22.8 Å². The summed E-state index contributed by atoms with van der Waals surface area (Å²) in [5.74, 6) is -3.48. The van der Waals surface area contributed by atoms with E-state index in [1.165, 1.54) is 76.3 Å². The van der Waals surface area contributed by atoms with Gasteiger partial charge in [-0.1, -0.05) is 81.9 Å². The van der Waals surface area contributed by atoms with Crippen molar-refractivity contribution in [3.63, 3.8) is 0 Å². The van der Waals surface area contributed by atoms with E-state index in [1.54, 1.807) is 139 Å². The first-order valence-electron chi connectivity index (χ1n) is 36.3. The van der Waals surface area contributed by atoms with Gasteiger partial charge in [0.1, 0.15) is 114 Å². The van der Waals surface area contributed by atoms with Crippen LogP contribution in [0.15, 0.2) is 155 Å². The number of para-hydroxylation sites is 3. The van der Waals surface area contributed by atoms with Crippen LogP contribution in [0.25, 0.3) is 0 Å². The fraction of sp³-hybridized carbons (Fsp3) is 0.534. The highest BCUT2D eigenvalue weighted by Gasteiger charge is 2.61. The fourth-order valence-corrected chi connectivity index (χ4v) is 18.6. The maximum Gasteiger partial charge on any atom is 0.380 e. The van der Waals surface area contributed by atoms with Crippen LogP contribution in [0.3, 0.4) is 0 Å². The minimum atomic E-state index is -4.11. The van der Waals surface area contributed by atoms with Crippen LogP contribution in [-0.2, 0) is 70.1 Å². The van der Waals surface area contributed by atoms with Crippen LogP contribution in [-0.4, -0.2) is 198 Å². The Bertz CT molecular complexity index is 4230. The molecule has 4 aliphatic rings. The van der Waals surface area contributed by atoms with E-state index in [-0.39, 0.29) is 77.3 Å². The van der Waals surface area contributed by atoms with E-state index in [2.05, 4.69) is 21.5 Å². The number of carbonyl (C=O) groups excluding carboxylic acids is 3. The number of ether oxygens (including phenoxy) is 6. The predicted molar refractivity (Wildman–Crippen MR) is 412 cm³/mol. The number of aliphatic hydroxyl groups is 3. The van der Waals surface area contributed by atoms with Gasteiger partial charge < -0.3 is 96.6 Å². The lowest BCUT2D eigenvalue weighted by Crippen LogP contribution is -2.62. The summed E-state index contributed by atoms with van der Waals surface area (Å²) in [4.78, 5) is 74.7. The topological polar surface area (TPSA) is 515 Å². The lowest BCUT2D eigenvalue weighted by molar-refractivity contribution is -0.152. The molecular formula is C73H104F3N12O23P3. The Morgan fingerprint density at radius 1 is 0.491 bits per heavy atom. The SMILES string of the molecule is C=C1N=C(N)C=CN1[C@@H]1O[C@H]([C@@H](C)O[P@](=O)(C[C@@H](C)C(=O)OC(C)C)Oc2ccccc2)[C@H](O)C1(N)CF.CC(C)OC(=O)[C@H](C)CP(=O)(Oc1ccccc1)O[C@H](C)[C@H]1O[C@@H](n2ccc(N)nc2=O)C(N)(CF)[C@H]1O.CC(C)OC(=O)[C@H](C)C[P@@](=O)(Oc1ccccc1)O[C@H](C)[C@H]1O[C@@H](n2ccc(N)nc2=O)C(N)(CF)[C@H]1O. The first kappa shape index (κ1) is 92.7. The molecule has 15 N–H and O–H groups in total. The zero-order chi connectivity index (χ0) is 84.8. The van der Waals surface area contributed by atoms with Gasteiger partial charge in [0, 0.05) is 18.6 Å². The molecule has 114 heavy (non-hydrogen) atoms.